The van der Waals surface area contributed by atoms with Gasteiger partial charge in [0.2, 0.25) is 0 Å². The molecule has 1 fully saturated rings. The highest BCUT2D eigenvalue weighted by molar-refractivity contribution is 5.47. The van der Waals surface area contributed by atoms with Gasteiger partial charge in [0, 0.05) is 24.0 Å². The van der Waals surface area contributed by atoms with Gasteiger partial charge in [-0.15, -0.1) is 0 Å². The number of ether oxygens (including phenoxy) is 1. The van der Waals surface area contributed by atoms with Crippen LogP contribution >= 0.6 is 0 Å². The number of nitrogens with zero attached hydrogens (tertiary/aromatic N) is 1. The monoisotopic (exact) mass is 268 g/mol. The van der Waals surface area contributed by atoms with E-state index >= 15 is 0 Å². The average molecular weight is 268 g/mol. The van der Waals surface area contributed by atoms with Crippen molar-refractivity contribution in [2.45, 2.75) is 18.9 Å². The third-order valence-corrected chi connectivity index (χ3v) is 3.66. The van der Waals surface area contributed by atoms with Gasteiger partial charge in [0.1, 0.15) is 11.9 Å². The minimum absolute atomic E-state index is 0.228. The predicted octanol–water partition coefficient (Wildman–Crippen LogP) is 3.32. The normalized spacial score (nSPS) is 18.8. The van der Waals surface area contributed by atoms with Crippen molar-refractivity contribution in [1.82, 2.24) is 0 Å². The molecular weight excluding hydrogens is 248 g/mol. The van der Waals surface area contributed by atoms with Gasteiger partial charge >= 0.3 is 0 Å². The first-order valence-corrected chi connectivity index (χ1v) is 7.13. The molecule has 0 bridgehead atoms. The zero-order valence-corrected chi connectivity index (χ0v) is 11.5. The topological polar surface area (TPSA) is 38.5 Å². The van der Waals surface area contributed by atoms with E-state index in [0.29, 0.717) is 0 Å². The van der Waals surface area contributed by atoms with Crippen LogP contribution in [0.1, 0.15) is 12.8 Å². The molecule has 1 atom stereocenters. The van der Waals surface area contributed by atoms with E-state index in [1.807, 2.05) is 30.3 Å². The predicted molar refractivity (Wildman–Crippen MR) is 83.2 cm³/mol. The summed E-state index contributed by atoms with van der Waals surface area (Å²) in [5.74, 6) is 0.866. The van der Waals surface area contributed by atoms with Crippen molar-refractivity contribution in [3.63, 3.8) is 0 Å². The zero-order valence-electron chi connectivity index (χ0n) is 11.5. The number of nitrogens with two attached hydrogens (primary N) is 1. The van der Waals surface area contributed by atoms with Crippen molar-refractivity contribution < 1.29 is 4.74 Å². The molecule has 1 aliphatic rings. The molecule has 2 aromatic rings. The van der Waals surface area contributed by atoms with E-state index in [0.717, 1.165) is 37.4 Å². The number of hydrogen-bond acceptors (Lipinski definition) is 3. The smallest absolute Gasteiger partial charge is 0.121 e. The van der Waals surface area contributed by atoms with Crippen molar-refractivity contribution in [3.8, 4) is 5.75 Å². The molecule has 1 aliphatic heterocycles. The molecule has 3 heteroatoms. The largest absolute Gasteiger partial charge is 0.489 e. The summed E-state index contributed by atoms with van der Waals surface area (Å²) >= 11 is 0. The van der Waals surface area contributed by atoms with Crippen molar-refractivity contribution in [1.29, 1.82) is 0 Å². The van der Waals surface area contributed by atoms with Gasteiger partial charge in [-0.3, -0.25) is 0 Å². The summed E-state index contributed by atoms with van der Waals surface area (Å²) in [6.45, 7) is 2.03. The fraction of sp³-hybridized carbons (Fsp3) is 0.294. The van der Waals surface area contributed by atoms with Gasteiger partial charge in [-0.1, -0.05) is 24.3 Å². The van der Waals surface area contributed by atoms with Crippen LogP contribution in [0.2, 0.25) is 0 Å². The summed E-state index contributed by atoms with van der Waals surface area (Å²) in [5, 5.41) is 0. The number of piperidine rings is 1. The third kappa shape index (κ3) is 3.05. The number of benzene rings is 2. The van der Waals surface area contributed by atoms with Gasteiger partial charge in [0.25, 0.3) is 0 Å². The Morgan fingerprint density at radius 3 is 2.70 bits per heavy atom. The molecule has 20 heavy (non-hydrogen) atoms. The Balaban J connectivity index is 1.66. The molecule has 3 rings (SSSR count). The van der Waals surface area contributed by atoms with Crippen molar-refractivity contribution in [2.24, 2.45) is 0 Å². The van der Waals surface area contributed by atoms with Crippen LogP contribution in [-0.2, 0) is 0 Å². The fourth-order valence-corrected chi connectivity index (χ4v) is 2.69. The van der Waals surface area contributed by atoms with Crippen molar-refractivity contribution >= 4 is 11.4 Å². The first-order valence-electron chi connectivity index (χ1n) is 7.13. The van der Waals surface area contributed by atoms with Gasteiger partial charge in [-0.05, 0) is 37.1 Å². The summed E-state index contributed by atoms with van der Waals surface area (Å²) in [6, 6.07) is 18.2. The van der Waals surface area contributed by atoms with Crippen LogP contribution in [0.3, 0.4) is 0 Å². The van der Waals surface area contributed by atoms with Crippen LogP contribution in [-0.4, -0.2) is 19.2 Å². The first-order chi connectivity index (χ1) is 9.81. The van der Waals surface area contributed by atoms with E-state index in [2.05, 4.69) is 29.2 Å². The standard InChI is InChI=1S/C17H20N2O/c18-14-6-4-9-16(12-14)20-17-10-5-11-19(13-17)15-7-2-1-3-8-15/h1-4,6-9,12,17H,5,10-11,13,18H2. The van der Waals surface area contributed by atoms with Gasteiger partial charge in [0.15, 0.2) is 0 Å². The molecule has 0 saturated carbocycles. The number of nitrogen functional groups attached to an aromatic ring is 1. The number of para-hydroxylation sites is 1. The molecule has 0 aromatic heterocycles. The summed E-state index contributed by atoms with van der Waals surface area (Å²) in [7, 11) is 0. The molecule has 1 heterocycles. The quantitative estimate of drug-likeness (QED) is 0.868. The average Bonchev–Trinajstić information content (AvgIpc) is 2.48. The second-order valence-corrected chi connectivity index (χ2v) is 5.24. The Morgan fingerprint density at radius 2 is 1.90 bits per heavy atom. The van der Waals surface area contributed by atoms with Crippen LogP contribution in [0.25, 0.3) is 0 Å². The Kier molecular flexibility index (Phi) is 3.77. The van der Waals surface area contributed by atoms with Crippen LogP contribution < -0.4 is 15.4 Å². The summed E-state index contributed by atoms with van der Waals surface area (Å²) < 4.78 is 6.07. The summed E-state index contributed by atoms with van der Waals surface area (Å²) in [5.41, 5.74) is 7.81. The second kappa shape index (κ2) is 5.87. The fourth-order valence-electron chi connectivity index (χ4n) is 2.69. The lowest BCUT2D eigenvalue weighted by molar-refractivity contribution is 0.179. The summed E-state index contributed by atoms with van der Waals surface area (Å²) in [6.07, 6.45) is 2.48. The van der Waals surface area contributed by atoms with Crippen LogP contribution in [0.4, 0.5) is 11.4 Å². The highest BCUT2D eigenvalue weighted by Crippen LogP contribution is 2.23. The van der Waals surface area contributed by atoms with E-state index in [4.69, 9.17) is 10.5 Å². The molecular formula is C17H20N2O. The van der Waals surface area contributed by atoms with E-state index < -0.39 is 0 Å². The number of anilines is 2. The van der Waals surface area contributed by atoms with Crippen molar-refractivity contribution in [2.75, 3.05) is 23.7 Å². The molecule has 1 unspecified atom stereocenters. The Bertz CT molecular complexity index is 556. The van der Waals surface area contributed by atoms with Gasteiger partial charge in [0.05, 0.1) is 6.54 Å². The number of hydrogen-bond donors (Lipinski definition) is 1. The molecule has 2 aromatic carbocycles. The maximum atomic E-state index is 6.07. The Morgan fingerprint density at radius 1 is 1.05 bits per heavy atom. The van der Waals surface area contributed by atoms with Gasteiger partial charge < -0.3 is 15.4 Å². The Hall–Kier alpha value is -2.16. The lowest BCUT2D eigenvalue weighted by atomic mass is 10.1. The molecule has 1 saturated heterocycles. The van der Waals surface area contributed by atoms with E-state index in [-0.39, 0.29) is 6.10 Å². The van der Waals surface area contributed by atoms with E-state index in [1.165, 1.54) is 5.69 Å². The maximum Gasteiger partial charge on any atom is 0.121 e. The van der Waals surface area contributed by atoms with E-state index in [9.17, 15) is 0 Å². The first kappa shape index (κ1) is 12.9. The molecule has 104 valence electrons. The molecule has 2 N–H and O–H groups in total. The zero-order chi connectivity index (χ0) is 13.8. The van der Waals surface area contributed by atoms with Crippen molar-refractivity contribution in [3.05, 3.63) is 54.6 Å². The number of rotatable bonds is 3. The third-order valence-electron chi connectivity index (χ3n) is 3.66. The lowest BCUT2D eigenvalue weighted by Crippen LogP contribution is -2.41. The van der Waals surface area contributed by atoms with Gasteiger partial charge in [-0.25, -0.2) is 0 Å². The SMILES string of the molecule is Nc1cccc(OC2CCCN(c3ccccc3)C2)c1. The maximum absolute atomic E-state index is 6.07. The highest BCUT2D eigenvalue weighted by Gasteiger charge is 2.21. The molecule has 0 radical (unpaired) electrons. The molecule has 3 nitrogen and oxygen atoms in total. The molecule has 0 spiro atoms. The van der Waals surface area contributed by atoms with Crippen LogP contribution in [0, 0.1) is 0 Å². The van der Waals surface area contributed by atoms with Gasteiger partial charge in [-0.2, -0.15) is 0 Å². The van der Waals surface area contributed by atoms with Crippen LogP contribution in [0.15, 0.2) is 54.6 Å². The Labute approximate surface area is 120 Å². The highest BCUT2D eigenvalue weighted by atomic mass is 16.5. The minimum Gasteiger partial charge on any atom is -0.489 e. The minimum atomic E-state index is 0.228. The molecule has 0 aliphatic carbocycles. The molecule has 0 amide bonds. The lowest BCUT2D eigenvalue weighted by Gasteiger charge is -2.34. The second-order valence-electron chi connectivity index (χ2n) is 5.24. The summed E-state index contributed by atoms with van der Waals surface area (Å²) in [4.78, 5) is 2.39. The van der Waals surface area contributed by atoms with E-state index in [1.54, 1.807) is 0 Å². The van der Waals surface area contributed by atoms with Crippen LogP contribution in [0.5, 0.6) is 5.75 Å².